The number of nitrogens with zero attached hydrogens (tertiary/aromatic N) is 3. The maximum Gasteiger partial charge on any atom is 0.247 e. The largest absolute Gasteiger partial charge is 0.488 e. The number of hydrogen-bond acceptors (Lipinski definition) is 7. The molecule has 1 amide bonds. The summed E-state index contributed by atoms with van der Waals surface area (Å²) in [4.78, 5) is 21.1. The van der Waals surface area contributed by atoms with Gasteiger partial charge in [-0.15, -0.1) is 0 Å². The van der Waals surface area contributed by atoms with E-state index >= 15 is 0 Å². The van der Waals surface area contributed by atoms with E-state index in [2.05, 4.69) is 36.5 Å². The number of halogens is 1. The maximum atomic E-state index is 14.5. The lowest BCUT2D eigenvalue weighted by atomic mass is 10.1. The van der Waals surface area contributed by atoms with Gasteiger partial charge in [-0.3, -0.25) is 4.79 Å². The lowest BCUT2D eigenvalue weighted by molar-refractivity contribution is -0.111. The summed E-state index contributed by atoms with van der Waals surface area (Å²) in [5.74, 6) is 0.0347. The van der Waals surface area contributed by atoms with Gasteiger partial charge < -0.3 is 28.8 Å². The van der Waals surface area contributed by atoms with Crippen LogP contribution in [0.4, 0.5) is 10.1 Å². The fourth-order valence-electron chi connectivity index (χ4n) is 3.90. The quantitative estimate of drug-likeness (QED) is 0.104. The molecule has 0 atom stereocenters. The van der Waals surface area contributed by atoms with Crippen LogP contribution in [0.2, 0.25) is 25.7 Å². The molecule has 2 aromatic heterocycles. The minimum Gasteiger partial charge on any atom is -0.488 e. The van der Waals surface area contributed by atoms with Gasteiger partial charge in [-0.25, -0.2) is 14.4 Å². The van der Waals surface area contributed by atoms with Gasteiger partial charge in [0.15, 0.2) is 17.2 Å². The molecule has 41 heavy (non-hydrogen) atoms. The molecule has 4 aromatic rings. The minimum atomic E-state index is -1.25. The molecule has 0 aliphatic carbocycles. The van der Waals surface area contributed by atoms with Crippen LogP contribution in [0.25, 0.3) is 22.3 Å². The average Bonchev–Trinajstić information content (AvgIpc) is 3.29. The fourth-order valence-corrected chi connectivity index (χ4v) is 4.66. The first-order chi connectivity index (χ1) is 19.7. The van der Waals surface area contributed by atoms with Gasteiger partial charge in [-0.1, -0.05) is 38.4 Å². The number of carbonyl (C=O) groups is 1. The van der Waals surface area contributed by atoms with E-state index in [9.17, 15) is 9.18 Å². The van der Waals surface area contributed by atoms with Crippen LogP contribution in [0.15, 0.2) is 67.5 Å². The van der Waals surface area contributed by atoms with Crippen molar-refractivity contribution >= 4 is 30.8 Å². The van der Waals surface area contributed by atoms with Crippen LogP contribution < -0.4 is 14.8 Å². The van der Waals surface area contributed by atoms with Crippen molar-refractivity contribution in [2.45, 2.75) is 32.4 Å². The van der Waals surface area contributed by atoms with Crippen LogP contribution in [-0.4, -0.2) is 55.4 Å². The molecule has 0 aliphatic heterocycles. The molecule has 0 aliphatic rings. The molecule has 0 radical (unpaired) electrons. The molecule has 1 N–H and O–H groups in total. The number of aromatic nitrogens is 3. The molecule has 0 saturated carbocycles. The summed E-state index contributed by atoms with van der Waals surface area (Å²) in [5, 5.41) is 2.70. The molecule has 0 unspecified atom stereocenters. The third-order valence-corrected chi connectivity index (χ3v) is 7.77. The predicted molar refractivity (Wildman–Crippen MR) is 160 cm³/mol. The summed E-state index contributed by atoms with van der Waals surface area (Å²) in [6, 6.07) is 12.6. The number of nitrogens with one attached hydrogen (secondary N) is 1. The number of amides is 1. The van der Waals surface area contributed by atoms with Crippen molar-refractivity contribution in [3.05, 3.63) is 73.3 Å². The highest BCUT2D eigenvalue weighted by molar-refractivity contribution is 6.76. The Morgan fingerprint density at radius 1 is 1.15 bits per heavy atom. The van der Waals surface area contributed by atoms with Crippen molar-refractivity contribution < 1.29 is 28.1 Å². The van der Waals surface area contributed by atoms with Crippen molar-refractivity contribution in [1.82, 2.24) is 14.5 Å². The first-order valence-electron chi connectivity index (χ1n) is 13.2. The van der Waals surface area contributed by atoms with E-state index in [4.69, 9.17) is 23.9 Å². The number of rotatable bonds is 14. The van der Waals surface area contributed by atoms with Crippen molar-refractivity contribution in [2.24, 2.45) is 0 Å². The zero-order valence-electron chi connectivity index (χ0n) is 23.8. The molecule has 9 nitrogen and oxygen atoms in total. The van der Waals surface area contributed by atoms with Crippen molar-refractivity contribution in [1.29, 1.82) is 0 Å². The van der Waals surface area contributed by atoms with Crippen molar-refractivity contribution in [3.8, 4) is 28.5 Å². The Bertz CT molecular complexity index is 1520. The number of hydrogen-bond donors (Lipinski definition) is 1. The predicted octanol–water partition coefficient (Wildman–Crippen LogP) is 6.49. The summed E-state index contributed by atoms with van der Waals surface area (Å²) in [7, 11) is 0.311. The molecule has 0 fully saturated rings. The van der Waals surface area contributed by atoms with Crippen LogP contribution in [0.1, 0.15) is 0 Å². The van der Waals surface area contributed by atoms with Gasteiger partial charge in [0.1, 0.15) is 24.6 Å². The highest BCUT2D eigenvalue weighted by Crippen LogP contribution is 2.34. The number of ether oxygens (including phenoxy) is 4. The van der Waals surface area contributed by atoms with E-state index in [1.54, 1.807) is 43.5 Å². The second kappa shape index (κ2) is 13.5. The van der Waals surface area contributed by atoms with Crippen molar-refractivity contribution in [3.63, 3.8) is 0 Å². The summed E-state index contributed by atoms with van der Waals surface area (Å²) in [6.07, 6.45) is 4.61. The normalized spacial score (nSPS) is 11.4. The number of benzene rings is 2. The second-order valence-electron chi connectivity index (χ2n) is 10.6. The molecule has 0 spiro atoms. The van der Waals surface area contributed by atoms with Gasteiger partial charge in [-0.05, 0) is 41.9 Å². The first kappa shape index (κ1) is 29.9. The van der Waals surface area contributed by atoms with Crippen LogP contribution in [0.5, 0.6) is 17.4 Å². The summed E-state index contributed by atoms with van der Waals surface area (Å²) < 4.78 is 39.0. The van der Waals surface area contributed by atoms with Gasteiger partial charge in [0.2, 0.25) is 11.8 Å². The fraction of sp³-hybridized carbons (Fsp3) is 0.300. The highest BCUT2D eigenvalue weighted by atomic mass is 28.3. The molecule has 216 valence electrons. The highest BCUT2D eigenvalue weighted by Gasteiger charge is 2.18. The number of methoxy groups -OCH3 is 1. The van der Waals surface area contributed by atoms with Crippen LogP contribution in [-0.2, 0) is 21.0 Å². The third-order valence-electron chi connectivity index (χ3n) is 6.07. The Morgan fingerprint density at radius 2 is 1.98 bits per heavy atom. The van der Waals surface area contributed by atoms with Gasteiger partial charge in [0.25, 0.3) is 0 Å². The number of carbonyl (C=O) groups excluding carboxylic acids is 1. The molecular weight excluding hydrogens is 543 g/mol. The average molecular weight is 579 g/mol. The number of fused-ring (bicyclic) bond motifs is 1. The maximum absolute atomic E-state index is 14.5. The van der Waals surface area contributed by atoms with E-state index in [0.717, 1.165) is 11.6 Å². The summed E-state index contributed by atoms with van der Waals surface area (Å²) in [5.41, 5.74) is 3.12. The molecule has 4 rings (SSSR count). The molecule has 2 heterocycles. The van der Waals surface area contributed by atoms with E-state index in [0.29, 0.717) is 48.1 Å². The van der Waals surface area contributed by atoms with E-state index in [-0.39, 0.29) is 24.1 Å². The smallest absolute Gasteiger partial charge is 0.247 e. The zero-order valence-corrected chi connectivity index (χ0v) is 24.8. The van der Waals surface area contributed by atoms with Gasteiger partial charge in [-0.2, -0.15) is 0 Å². The Hall–Kier alpha value is -4.06. The van der Waals surface area contributed by atoms with Gasteiger partial charge >= 0.3 is 0 Å². The van der Waals surface area contributed by atoms with Crippen molar-refractivity contribution in [2.75, 3.05) is 32.2 Å². The van der Waals surface area contributed by atoms with Crippen LogP contribution >= 0.6 is 0 Å². The molecule has 2 aromatic carbocycles. The van der Waals surface area contributed by atoms with E-state index < -0.39 is 13.9 Å². The SMILES string of the molecule is C=CC(=O)Nc1cccc(Oc2cnc3c(n2)c(-c2ccc(F)c(OCCOC)c2)cn3COCC[Si](C)(C)C)c1. The molecule has 0 bridgehead atoms. The Kier molecular flexibility index (Phi) is 9.87. The topological polar surface area (TPSA) is 96.7 Å². The summed E-state index contributed by atoms with van der Waals surface area (Å²) in [6.45, 7) is 11.9. The monoisotopic (exact) mass is 578 g/mol. The van der Waals surface area contributed by atoms with Crippen LogP contribution in [0.3, 0.4) is 0 Å². The number of anilines is 1. The van der Waals surface area contributed by atoms with E-state index in [1.807, 2.05) is 10.8 Å². The van der Waals surface area contributed by atoms with Crippen LogP contribution in [0, 0.1) is 5.82 Å². The minimum absolute atomic E-state index is 0.116. The lowest BCUT2D eigenvalue weighted by Crippen LogP contribution is -2.22. The summed E-state index contributed by atoms with van der Waals surface area (Å²) >= 11 is 0. The second-order valence-corrected chi connectivity index (χ2v) is 16.2. The van der Waals surface area contributed by atoms with E-state index in [1.165, 1.54) is 18.3 Å². The first-order valence-corrected chi connectivity index (χ1v) is 16.9. The Morgan fingerprint density at radius 3 is 2.73 bits per heavy atom. The Balaban J connectivity index is 1.68. The van der Waals surface area contributed by atoms with Gasteiger partial charge in [0.05, 0.1) is 12.8 Å². The van der Waals surface area contributed by atoms with Gasteiger partial charge in [0, 0.05) is 45.3 Å². The third kappa shape index (κ3) is 8.23. The molecule has 11 heteroatoms. The zero-order chi connectivity index (χ0) is 29.4. The molecule has 0 saturated heterocycles. The lowest BCUT2D eigenvalue weighted by Gasteiger charge is -2.15. The standard InChI is InChI=1S/C30H35FN4O5Si/c1-6-27(36)33-22-8-7-9-23(17-22)40-28-18-32-30-29(34-28)24(19-35(30)20-38-14-15-41(3,4)5)21-10-11-25(31)26(16-21)39-13-12-37-2/h6-11,16-19H,1,12-15,20H2,2-5H3,(H,33,36). The Labute approximate surface area is 239 Å². The molecular formula is C30H35FN4O5Si.